The second-order valence-electron chi connectivity index (χ2n) is 1.39. The highest BCUT2D eigenvalue weighted by Gasteiger charge is 1.87. The standard InChI is InChI=1S/C6H4FO/c7-5-2-1-3-6(8)4-5/h1-2,4,8H. The molecule has 0 bridgehead atoms. The first-order valence-electron chi connectivity index (χ1n) is 2.15. The second kappa shape index (κ2) is 1.82. The Morgan fingerprint density at radius 2 is 2.38 bits per heavy atom. The molecule has 1 aromatic rings. The van der Waals surface area contributed by atoms with Crippen molar-refractivity contribution in [3.63, 3.8) is 0 Å². The zero-order valence-electron chi connectivity index (χ0n) is 4.06. The molecular weight excluding hydrogens is 107 g/mol. The fourth-order valence-corrected chi connectivity index (χ4v) is 0.427. The summed E-state index contributed by atoms with van der Waals surface area (Å²) in [7, 11) is 0. The summed E-state index contributed by atoms with van der Waals surface area (Å²) in [5.74, 6) is -0.605. The van der Waals surface area contributed by atoms with Crippen LogP contribution in [0.5, 0.6) is 5.75 Å². The van der Waals surface area contributed by atoms with Crippen LogP contribution in [0.1, 0.15) is 0 Å². The maximum Gasteiger partial charge on any atom is 0.126 e. The summed E-state index contributed by atoms with van der Waals surface area (Å²) in [4.78, 5) is 0. The van der Waals surface area contributed by atoms with Crippen LogP contribution in [0.3, 0.4) is 0 Å². The molecule has 0 heterocycles. The molecule has 0 aliphatic carbocycles. The molecule has 0 aliphatic heterocycles. The smallest absolute Gasteiger partial charge is 0.126 e. The number of hydrogen-bond donors (Lipinski definition) is 1. The van der Waals surface area contributed by atoms with Gasteiger partial charge in [-0.05, 0) is 12.1 Å². The average Bonchev–Trinajstić information content (AvgIpc) is 1.64. The van der Waals surface area contributed by atoms with Gasteiger partial charge in [0.25, 0.3) is 0 Å². The van der Waals surface area contributed by atoms with E-state index in [9.17, 15) is 4.39 Å². The normalized spacial score (nSPS) is 9.12. The van der Waals surface area contributed by atoms with Crippen molar-refractivity contribution in [1.29, 1.82) is 0 Å². The summed E-state index contributed by atoms with van der Waals surface area (Å²) in [6.07, 6.45) is 0. The summed E-state index contributed by atoms with van der Waals surface area (Å²) in [6.45, 7) is 0. The molecule has 0 unspecified atom stereocenters. The van der Waals surface area contributed by atoms with Crippen molar-refractivity contribution in [2.45, 2.75) is 0 Å². The van der Waals surface area contributed by atoms with Gasteiger partial charge in [-0.25, -0.2) is 4.39 Å². The molecule has 2 heteroatoms. The summed E-state index contributed by atoms with van der Waals surface area (Å²) >= 11 is 0. The minimum Gasteiger partial charge on any atom is -0.507 e. The number of phenolic OH excluding ortho intramolecular Hbond substituents is 1. The topological polar surface area (TPSA) is 20.2 Å². The van der Waals surface area contributed by atoms with Gasteiger partial charge in [-0.2, -0.15) is 0 Å². The van der Waals surface area contributed by atoms with E-state index >= 15 is 0 Å². The van der Waals surface area contributed by atoms with Gasteiger partial charge in [-0.15, -0.1) is 0 Å². The molecule has 0 spiro atoms. The van der Waals surface area contributed by atoms with E-state index in [1.165, 1.54) is 12.1 Å². The van der Waals surface area contributed by atoms with E-state index in [1.807, 2.05) is 0 Å². The van der Waals surface area contributed by atoms with Crippen LogP contribution in [0.2, 0.25) is 0 Å². The molecule has 8 heavy (non-hydrogen) atoms. The Bertz CT molecular complexity index is 168. The third-order valence-electron chi connectivity index (χ3n) is 0.748. The second-order valence-corrected chi connectivity index (χ2v) is 1.39. The average molecular weight is 111 g/mol. The van der Waals surface area contributed by atoms with Crippen LogP contribution in [0.15, 0.2) is 18.2 Å². The van der Waals surface area contributed by atoms with Crippen molar-refractivity contribution in [2.75, 3.05) is 0 Å². The maximum absolute atomic E-state index is 12.0. The van der Waals surface area contributed by atoms with Crippen molar-refractivity contribution in [1.82, 2.24) is 0 Å². The van der Waals surface area contributed by atoms with Crippen LogP contribution in [-0.4, -0.2) is 5.11 Å². The molecule has 1 aromatic carbocycles. The molecule has 0 saturated carbocycles. The van der Waals surface area contributed by atoms with Crippen LogP contribution in [-0.2, 0) is 0 Å². The van der Waals surface area contributed by atoms with Gasteiger partial charge >= 0.3 is 0 Å². The molecule has 0 aliphatic rings. The number of hydrogen-bond acceptors (Lipinski definition) is 1. The van der Waals surface area contributed by atoms with Gasteiger partial charge in [-0.3, -0.25) is 0 Å². The van der Waals surface area contributed by atoms with Crippen LogP contribution in [0.25, 0.3) is 0 Å². The quantitative estimate of drug-likeness (QED) is 0.535. The lowest BCUT2D eigenvalue weighted by Gasteiger charge is -1.86. The van der Waals surface area contributed by atoms with Crippen LogP contribution < -0.4 is 0 Å². The highest BCUT2D eigenvalue weighted by atomic mass is 19.1. The Hall–Kier alpha value is -1.05. The monoisotopic (exact) mass is 111 g/mol. The molecule has 1 N–H and O–H groups in total. The van der Waals surface area contributed by atoms with E-state index in [4.69, 9.17) is 5.11 Å². The number of phenols is 1. The molecular formula is C6H4FO. The van der Waals surface area contributed by atoms with Crippen LogP contribution in [0.4, 0.5) is 4.39 Å². The van der Waals surface area contributed by atoms with Gasteiger partial charge in [0.05, 0.1) is 0 Å². The van der Waals surface area contributed by atoms with E-state index in [0.717, 1.165) is 6.07 Å². The van der Waals surface area contributed by atoms with E-state index in [2.05, 4.69) is 6.07 Å². The van der Waals surface area contributed by atoms with E-state index in [0.29, 0.717) is 0 Å². The van der Waals surface area contributed by atoms with E-state index < -0.39 is 5.82 Å². The lowest BCUT2D eigenvalue weighted by molar-refractivity contribution is 0.468. The predicted molar refractivity (Wildman–Crippen MR) is 26.9 cm³/mol. The van der Waals surface area contributed by atoms with Crippen molar-refractivity contribution >= 4 is 0 Å². The van der Waals surface area contributed by atoms with Gasteiger partial charge in [0.15, 0.2) is 0 Å². The van der Waals surface area contributed by atoms with Crippen molar-refractivity contribution in [3.05, 3.63) is 30.1 Å². The van der Waals surface area contributed by atoms with Crippen molar-refractivity contribution < 1.29 is 9.50 Å². The summed E-state index contributed by atoms with van der Waals surface area (Å²) in [6, 6.07) is 5.93. The van der Waals surface area contributed by atoms with Gasteiger partial charge in [0, 0.05) is 12.1 Å². The SMILES string of the molecule is Oc1[c]ccc(F)c1. The molecule has 1 rings (SSSR count). The van der Waals surface area contributed by atoms with Crippen LogP contribution >= 0.6 is 0 Å². The Kier molecular flexibility index (Phi) is 1.16. The molecule has 1 nitrogen and oxygen atoms in total. The Morgan fingerprint density at radius 1 is 1.62 bits per heavy atom. The van der Waals surface area contributed by atoms with E-state index in [-0.39, 0.29) is 5.75 Å². The highest BCUT2D eigenvalue weighted by molar-refractivity contribution is 5.18. The van der Waals surface area contributed by atoms with Gasteiger partial charge < -0.3 is 5.11 Å². The molecule has 0 saturated heterocycles. The zero-order valence-corrected chi connectivity index (χ0v) is 4.06. The maximum atomic E-state index is 12.0. The van der Waals surface area contributed by atoms with Gasteiger partial charge in [0.2, 0.25) is 0 Å². The number of aromatic hydroxyl groups is 1. The zero-order chi connectivity index (χ0) is 5.98. The molecule has 0 fully saturated rings. The number of halogens is 1. The molecule has 1 radical (unpaired) electrons. The molecule has 0 amide bonds. The Morgan fingerprint density at radius 3 is 2.75 bits per heavy atom. The molecule has 0 aromatic heterocycles. The fraction of sp³-hybridized carbons (Fsp3) is 0. The minimum atomic E-state index is -0.443. The largest absolute Gasteiger partial charge is 0.507 e. The van der Waals surface area contributed by atoms with Crippen LogP contribution in [0, 0.1) is 11.9 Å². The summed E-state index contributed by atoms with van der Waals surface area (Å²) in [5.41, 5.74) is 0. The predicted octanol–water partition coefficient (Wildman–Crippen LogP) is 1.33. The first-order chi connectivity index (χ1) is 3.79. The Labute approximate surface area is 46.4 Å². The lowest BCUT2D eigenvalue weighted by atomic mass is 10.3. The van der Waals surface area contributed by atoms with Crippen molar-refractivity contribution in [2.24, 2.45) is 0 Å². The third-order valence-corrected chi connectivity index (χ3v) is 0.748. The summed E-state index contributed by atoms with van der Waals surface area (Å²) in [5, 5.41) is 8.52. The lowest BCUT2D eigenvalue weighted by Crippen LogP contribution is -1.68. The first-order valence-corrected chi connectivity index (χ1v) is 2.15. The Balaban J connectivity index is 3.08. The molecule has 0 atom stereocenters. The minimum absolute atomic E-state index is 0.162. The van der Waals surface area contributed by atoms with E-state index in [1.54, 1.807) is 0 Å². The highest BCUT2D eigenvalue weighted by Crippen LogP contribution is 2.06. The molecule has 41 valence electrons. The third kappa shape index (κ3) is 0.964. The van der Waals surface area contributed by atoms with Gasteiger partial charge in [0.1, 0.15) is 11.6 Å². The number of rotatable bonds is 0. The number of benzene rings is 1. The van der Waals surface area contributed by atoms with Crippen molar-refractivity contribution in [3.8, 4) is 5.75 Å². The van der Waals surface area contributed by atoms with Gasteiger partial charge in [-0.1, -0.05) is 0 Å². The fourth-order valence-electron chi connectivity index (χ4n) is 0.427. The first kappa shape index (κ1) is 5.09. The summed E-state index contributed by atoms with van der Waals surface area (Å²) < 4.78 is 12.0.